The predicted molar refractivity (Wildman–Crippen MR) is 66.3 cm³/mol. The first-order valence-corrected chi connectivity index (χ1v) is 6.40. The molecular formula is C12H20N4O2. The third-order valence-electron chi connectivity index (χ3n) is 3.38. The molecule has 1 atom stereocenters. The fourth-order valence-corrected chi connectivity index (χ4v) is 2.19. The highest BCUT2D eigenvalue weighted by Crippen LogP contribution is 2.15. The Morgan fingerprint density at radius 3 is 2.94 bits per heavy atom. The zero-order valence-corrected chi connectivity index (χ0v) is 11.2. The Morgan fingerprint density at radius 1 is 1.56 bits per heavy atom. The minimum absolute atomic E-state index is 0.120. The number of amides is 1. The Labute approximate surface area is 107 Å². The molecule has 0 aromatic carbocycles. The van der Waals surface area contributed by atoms with Crippen LogP contribution in [0, 0.1) is 0 Å². The molecule has 0 spiro atoms. The third kappa shape index (κ3) is 2.69. The monoisotopic (exact) mass is 252 g/mol. The molecule has 1 fully saturated rings. The van der Waals surface area contributed by atoms with E-state index in [9.17, 15) is 4.79 Å². The fourth-order valence-electron chi connectivity index (χ4n) is 2.19. The molecule has 6 nitrogen and oxygen atoms in total. The highest BCUT2D eigenvalue weighted by molar-refractivity contribution is 5.90. The van der Waals surface area contributed by atoms with Gasteiger partial charge in [0.1, 0.15) is 0 Å². The van der Waals surface area contributed by atoms with Gasteiger partial charge < -0.3 is 14.3 Å². The summed E-state index contributed by atoms with van der Waals surface area (Å²) in [6, 6.07) is 0.417. The van der Waals surface area contributed by atoms with E-state index in [0.717, 1.165) is 25.9 Å². The topological polar surface area (TPSA) is 62.5 Å². The molecule has 100 valence electrons. The predicted octanol–water partition coefficient (Wildman–Crippen LogP) is 0.798. The van der Waals surface area contributed by atoms with Gasteiger partial charge in [0.25, 0.3) is 11.7 Å². The van der Waals surface area contributed by atoms with Crippen LogP contribution in [0.5, 0.6) is 0 Å². The lowest BCUT2D eigenvalue weighted by Crippen LogP contribution is -2.47. The highest BCUT2D eigenvalue weighted by atomic mass is 16.5. The van der Waals surface area contributed by atoms with Crippen LogP contribution >= 0.6 is 0 Å². The van der Waals surface area contributed by atoms with Gasteiger partial charge >= 0.3 is 0 Å². The van der Waals surface area contributed by atoms with Gasteiger partial charge in [-0.1, -0.05) is 12.1 Å². The van der Waals surface area contributed by atoms with E-state index in [1.54, 1.807) is 0 Å². The van der Waals surface area contributed by atoms with E-state index in [1.165, 1.54) is 0 Å². The van der Waals surface area contributed by atoms with Crippen molar-refractivity contribution in [2.45, 2.75) is 32.2 Å². The van der Waals surface area contributed by atoms with E-state index in [0.29, 0.717) is 18.4 Å². The van der Waals surface area contributed by atoms with Crippen LogP contribution in [0.2, 0.25) is 0 Å². The number of aromatic nitrogens is 2. The summed E-state index contributed by atoms with van der Waals surface area (Å²) in [5, 5.41) is 3.74. The van der Waals surface area contributed by atoms with Crippen LogP contribution in [-0.2, 0) is 6.42 Å². The molecule has 0 bridgehead atoms. The molecule has 1 unspecified atom stereocenters. The third-order valence-corrected chi connectivity index (χ3v) is 3.38. The van der Waals surface area contributed by atoms with Gasteiger partial charge in [0.05, 0.1) is 0 Å². The van der Waals surface area contributed by atoms with Gasteiger partial charge in [-0.25, -0.2) is 0 Å². The summed E-state index contributed by atoms with van der Waals surface area (Å²) in [5.74, 6) is 0.579. The molecule has 0 radical (unpaired) electrons. The molecule has 18 heavy (non-hydrogen) atoms. The number of nitrogens with zero attached hydrogens (tertiary/aromatic N) is 4. The van der Waals surface area contributed by atoms with Crippen molar-refractivity contribution in [1.29, 1.82) is 0 Å². The van der Waals surface area contributed by atoms with Gasteiger partial charge in [0.15, 0.2) is 0 Å². The first-order valence-electron chi connectivity index (χ1n) is 6.40. The summed E-state index contributed by atoms with van der Waals surface area (Å²) in [6.07, 6.45) is 2.80. The second-order valence-corrected chi connectivity index (χ2v) is 4.88. The number of aryl methyl sites for hydroxylation is 1. The average molecular weight is 252 g/mol. The quantitative estimate of drug-likeness (QED) is 0.796. The van der Waals surface area contributed by atoms with Crippen molar-refractivity contribution in [3.63, 3.8) is 0 Å². The number of piperidine rings is 1. The van der Waals surface area contributed by atoms with Crippen LogP contribution in [0.25, 0.3) is 0 Å². The Balaban J connectivity index is 2.04. The van der Waals surface area contributed by atoms with Crippen molar-refractivity contribution in [1.82, 2.24) is 19.9 Å². The van der Waals surface area contributed by atoms with E-state index >= 15 is 0 Å². The standard InChI is InChI=1S/C12H20N4O2/c1-4-10-13-11(14-18-10)12(17)16-7-5-6-9(8-16)15(2)3/h9H,4-8H2,1-3H3. The van der Waals surface area contributed by atoms with E-state index in [2.05, 4.69) is 15.0 Å². The lowest BCUT2D eigenvalue weighted by molar-refractivity contribution is 0.0620. The summed E-state index contributed by atoms with van der Waals surface area (Å²) in [5.41, 5.74) is 0. The number of likely N-dealkylation sites (tertiary alicyclic amines) is 1. The SMILES string of the molecule is CCc1nc(C(=O)N2CCCC(N(C)C)C2)no1. The van der Waals surface area contributed by atoms with Crippen LogP contribution in [0.15, 0.2) is 4.52 Å². The molecule has 1 aromatic rings. The molecule has 1 saturated heterocycles. The van der Waals surface area contributed by atoms with E-state index < -0.39 is 0 Å². The van der Waals surface area contributed by atoms with Crippen LogP contribution in [-0.4, -0.2) is 59.1 Å². The van der Waals surface area contributed by atoms with Crippen molar-refractivity contribution in [3.8, 4) is 0 Å². The molecular weight excluding hydrogens is 232 g/mol. The number of carbonyl (C=O) groups is 1. The molecule has 1 aromatic heterocycles. The first-order chi connectivity index (χ1) is 8.61. The Hall–Kier alpha value is -1.43. The summed E-state index contributed by atoms with van der Waals surface area (Å²) < 4.78 is 4.98. The van der Waals surface area contributed by atoms with Crippen molar-refractivity contribution in [2.75, 3.05) is 27.2 Å². The second-order valence-electron chi connectivity index (χ2n) is 4.88. The van der Waals surface area contributed by atoms with Crippen molar-refractivity contribution in [2.24, 2.45) is 0 Å². The zero-order valence-electron chi connectivity index (χ0n) is 11.2. The maximum Gasteiger partial charge on any atom is 0.295 e. The highest BCUT2D eigenvalue weighted by Gasteiger charge is 2.28. The van der Waals surface area contributed by atoms with Crippen LogP contribution in [0.3, 0.4) is 0 Å². The molecule has 6 heteroatoms. The van der Waals surface area contributed by atoms with Crippen molar-refractivity contribution in [3.05, 3.63) is 11.7 Å². The fraction of sp³-hybridized carbons (Fsp3) is 0.750. The molecule has 2 rings (SSSR count). The van der Waals surface area contributed by atoms with Gasteiger partial charge in [-0.15, -0.1) is 0 Å². The maximum absolute atomic E-state index is 12.2. The molecule has 2 heterocycles. The van der Waals surface area contributed by atoms with Gasteiger partial charge in [0.2, 0.25) is 5.89 Å². The van der Waals surface area contributed by atoms with E-state index in [-0.39, 0.29) is 11.7 Å². The summed E-state index contributed by atoms with van der Waals surface area (Å²) >= 11 is 0. The Bertz CT molecular complexity index is 416. The summed E-state index contributed by atoms with van der Waals surface area (Å²) in [4.78, 5) is 20.3. The van der Waals surface area contributed by atoms with Gasteiger partial charge in [-0.3, -0.25) is 4.79 Å². The Kier molecular flexibility index (Phi) is 3.96. The summed E-state index contributed by atoms with van der Waals surface area (Å²) in [6.45, 7) is 3.44. The van der Waals surface area contributed by atoms with E-state index in [4.69, 9.17) is 4.52 Å². The molecule has 0 aliphatic carbocycles. The molecule has 1 aliphatic rings. The Morgan fingerprint density at radius 2 is 2.33 bits per heavy atom. The van der Waals surface area contributed by atoms with Crippen LogP contribution in [0.4, 0.5) is 0 Å². The zero-order chi connectivity index (χ0) is 13.1. The number of carbonyl (C=O) groups excluding carboxylic acids is 1. The smallest absolute Gasteiger partial charge is 0.295 e. The van der Waals surface area contributed by atoms with Crippen LogP contribution in [0.1, 0.15) is 36.3 Å². The average Bonchev–Trinajstić information content (AvgIpc) is 2.86. The summed E-state index contributed by atoms with van der Waals surface area (Å²) in [7, 11) is 4.09. The molecule has 0 N–H and O–H groups in total. The van der Waals surface area contributed by atoms with E-state index in [1.807, 2.05) is 25.9 Å². The minimum Gasteiger partial charge on any atom is -0.339 e. The van der Waals surface area contributed by atoms with Gasteiger partial charge in [-0.05, 0) is 26.9 Å². The lowest BCUT2D eigenvalue weighted by Gasteiger charge is -2.35. The van der Waals surface area contributed by atoms with Gasteiger partial charge in [0, 0.05) is 25.6 Å². The second kappa shape index (κ2) is 5.48. The van der Waals surface area contributed by atoms with Crippen LogP contribution < -0.4 is 0 Å². The number of likely N-dealkylation sites (N-methyl/N-ethyl adjacent to an activating group) is 1. The number of hydrogen-bond donors (Lipinski definition) is 0. The number of rotatable bonds is 3. The minimum atomic E-state index is -0.120. The maximum atomic E-state index is 12.2. The van der Waals surface area contributed by atoms with Gasteiger partial charge in [-0.2, -0.15) is 4.98 Å². The normalized spacial score (nSPS) is 20.4. The first kappa shape index (κ1) is 13.0. The number of hydrogen-bond acceptors (Lipinski definition) is 5. The lowest BCUT2D eigenvalue weighted by atomic mass is 10.0. The largest absolute Gasteiger partial charge is 0.339 e. The van der Waals surface area contributed by atoms with Crippen molar-refractivity contribution >= 4 is 5.91 Å². The van der Waals surface area contributed by atoms with Crippen molar-refractivity contribution < 1.29 is 9.32 Å². The molecule has 1 amide bonds. The molecule has 0 saturated carbocycles. The molecule has 1 aliphatic heterocycles.